The van der Waals surface area contributed by atoms with Gasteiger partial charge in [-0.3, -0.25) is 4.79 Å². The van der Waals surface area contributed by atoms with Crippen LogP contribution in [-0.2, 0) is 6.61 Å². The molecule has 3 aromatic rings. The normalized spacial score (nSPS) is 10.7. The minimum Gasteiger partial charge on any atom is -0.489 e. The number of benzene rings is 3. The molecule has 3 aromatic carbocycles. The van der Waals surface area contributed by atoms with Gasteiger partial charge >= 0.3 is 0 Å². The Hall–Kier alpha value is -2.38. The predicted octanol–water partition coefficient (Wildman–Crippen LogP) is 5.29. The number of hydrogen-bond donors (Lipinski definition) is 1. The summed E-state index contributed by atoms with van der Waals surface area (Å²) in [6.45, 7) is 0.469. The molecule has 27 heavy (non-hydrogen) atoms. The average Bonchev–Trinajstić information content (AvgIpc) is 2.69. The molecule has 0 atom stereocenters. The van der Waals surface area contributed by atoms with E-state index in [2.05, 4.69) is 33.1 Å². The molecule has 0 fully saturated rings. The van der Waals surface area contributed by atoms with Crippen molar-refractivity contribution < 1.29 is 9.53 Å². The highest BCUT2D eigenvalue weighted by molar-refractivity contribution is 14.1. The number of rotatable bonds is 6. The fourth-order valence-corrected chi connectivity index (χ4v) is 3.03. The maximum Gasteiger partial charge on any atom is 0.272 e. The largest absolute Gasteiger partial charge is 0.489 e. The van der Waals surface area contributed by atoms with Gasteiger partial charge in [-0.05, 0) is 82.2 Å². The van der Waals surface area contributed by atoms with Gasteiger partial charge in [-0.2, -0.15) is 5.10 Å². The molecular formula is C21H16ClIN2O2. The maximum absolute atomic E-state index is 12.1. The Morgan fingerprint density at radius 1 is 1.04 bits per heavy atom. The quantitative estimate of drug-likeness (QED) is 0.290. The van der Waals surface area contributed by atoms with Crippen LogP contribution in [-0.4, -0.2) is 12.1 Å². The molecule has 0 aliphatic heterocycles. The van der Waals surface area contributed by atoms with E-state index in [1.165, 1.54) is 0 Å². The van der Waals surface area contributed by atoms with Crippen molar-refractivity contribution in [3.05, 3.63) is 98.1 Å². The summed E-state index contributed by atoms with van der Waals surface area (Å²) in [4.78, 5) is 12.1. The first kappa shape index (κ1) is 19.4. The highest BCUT2D eigenvalue weighted by atomic mass is 127. The van der Waals surface area contributed by atoms with Crippen molar-refractivity contribution in [3.63, 3.8) is 0 Å². The van der Waals surface area contributed by atoms with Crippen molar-refractivity contribution in [1.82, 2.24) is 5.43 Å². The Kier molecular flexibility index (Phi) is 6.84. The van der Waals surface area contributed by atoms with Crippen LogP contribution in [0.1, 0.15) is 21.5 Å². The topological polar surface area (TPSA) is 50.7 Å². The number of amides is 1. The van der Waals surface area contributed by atoms with Crippen LogP contribution < -0.4 is 10.2 Å². The molecule has 0 saturated heterocycles. The van der Waals surface area contributed by atoms with Crippen LogP contribution in [0.25, 0.3) is 0 Å². The number of hydrogen-bond acceptors (Lipinski definition) is 3. The van der Waals surface area contributed by atoms with Gasteiger partial charge in [0.1, 0.15) is 12.4 Å². The van der Waals surface area contributed by atoms with E-state index < -0.39 is 0 Å². The smallest absolute Gasteiger partial charge is 0.272 e. The van der Waals surface area contributed by atoms with Crippen molar-refractivity contribution in [1.29, 1.82) is 0 Å². The lowest BCUT2D eigenvalue weighted by atomic mass is 10.2. The fourth-order valence-electron chi connectivity index (χ4n) is 2.27. The van der Waals surface area contributed by atoms with Crippen molar-refractivity contribution in [2.24, 2.45) is 5.10 Å². The summed E-state index contributed by atoms with van der Waals surface area (Å²) in [6.07, 6.45) is 1.59. The average molecular weight is 491 g/mol. The van der Waals surface area contributed by atoms with Gasteiger partial charge in [0.15, 0.2) is 0 Å². The predicted molar refractivity (Wildman–Crippen MR) is 116 cm³/mol. The monoisotopic (exact) mass is 490 g/mol. The number of halogens is 2. The van der Waals surface area contributed by atoms with E-state index in [0.29, 0.717) is 17.2 Å². The molecule has 1 amide bonds. The zero-order chi connectivity index (χ0) is 19.1. The Labute approximate surface area is 176 Å². The first-order chi connectivity index (χ1) is 13.1. The Bertz CT molecular complexity index is 941. The van der Waals surface area contributed by atoms with E-state index in [4.69, 9.17) is 16.3 Å². The fraction of sp³-hybridized carbons (Fsp3) is 0.0476. The molecule has 0 radical (unpaired) electrons. The lowest BCUT2D eigenvalue weighted by molar-refractivity contribution is 0.0954. The Morgan fingerprint density at radius 2 is 1.74 bits per heavy atom. The molecule has 0 unspecified atom stereocenters. The van der Waals surface area contributed by atoms with Gasteiger partial charge in [-0.1, -0.05) is 35.9 Å². The summed E-state index contributed by atoms with van der Waals surface area (Å²) in [5.41, 5.74) is 5.04. The molecule has 4 nitrogen and oxygen atoms in total. The molecule has 0 heterocycles. The summed E-state index contributed by atoms with van der Waals surface area (Å²) in [6, 6.07) is 22.4. The number of carbonyl (C=O) groups is 1. The highest BCUT2D eigenvalue weighted by Crippen LogP contribution is 2.15. The SMILES string of the molecule is O=C(N/N=C\c1ccc(OCc2ccc(Cl)cc2)cc1)c1ccccc1I. The molecule has 0 spiro atoms. The van der Waals surface area contributed by atoms with Gasteiger partial charge in [0.2, 0.25) is 0 Å². The van der Waals surface area contributed by atoms with E-state index in [1.807, 2.05) is 66.7 Å². The first-order valence-electron chi connectivity index (χ1n) is 8.17. The van der Waals surface area contributed by atoms with Gasteiger partial charge in [-0.25, -0.2) is 5.43 Å². The second-order valence-corrected chi connectivity index (χ2v) is 7.26. The van der Waals surface area contributed by atoms with E-state index in [9.17, 15) is 4.79 Å². The number of nitrogens with zero attached hydrogens (tertiary/aromatic N) is 1. The molecule has 136 valence electrons. The highest BCUT2D eigenvalue weighted by Gasteiger charge is 2.07. The van der Waals surface area contributed by atoms with E-state index in [1.54, 1.807) is 12.3 Å². The Balaban J connectivity index is 1.52. The minimum absolute atomic E-state index is 0.237. The molecule has 0 saturated carbocycles. The lowest BCUT2D eigenvalue weighted by Crippen LogP contribution is -2.18. The Morgan fingerprint density at radius 3 is 2.44 bits per heavy atom. The summed E-state index contributed by atoms with van der Waals surface area (Å²) in [5, 5.41) is 4.71. The third kappa shape index (κ3) is 5.80. The number of nitrogens with one attached hydrogen (secondary N) is 1. The van der Waals surface area contributed by atoms with E-state index in [0.717, 1.165) is 20.4 Å². The second kappa shape index (κ2) is 9.53. The minimum atomic E-state index is -0.237. The molecule has 6 heteroatoms. The summed E-state index contributed by atoms with van der Waals surface area (Å²) >= 11 is 7.99. The maximum atomic E-state index is 12.1. The number of ether oxygens (including phenoxy) is 1. The summed E-state index contributed by atoms with van der Waals surface area (Å²) in [5.74, 6) is 0.518. The van der Waals surface area contributed by atoms with Crippen LogP contribution in [0, 0.1) is 3.57 Å². The zero-order valence-electron chi connectivity index (χ0n) is 14.2. The number of hydrazone groups is 1. The lowest BCUT2D eigenvalue weighted by Gasteiger charge is -2.06. The van der Waals surface area contributed by atoms with Crippen molar-refractivity contribution in [3.8, 4) is 5.75 Å². The third-order valence-corrected chi connectivity index (χ3v) is 4.89. The molecule has 3 rings (SSSR count). The van der Waals surface area contributed by atoms with Crippen molar-refractivity contribution >= 4 is 46.3 Å². The number of carbonyl (C=O) groups excluding carboxylic acids is 1. The summed E-state index contributed by atoms with van der Waals surface area (Å²) in [7, 11) is 0. The van der Waals surface area contributed by atoms with Gasteiger partial charge in [0, 0.05) is 8.59 Å². The van der Waals surface area contributed by atoms with Crippen molar-refractivity contribution in [2.75, 3.05) is 0 Å². The molecule has 0 aliphatic rings. The van der Waals surface area contributed by atoms with Crippen LogP contribution in [0.15, 0.2) is 77.9 Å². The van der Waals surface area contributed by atoms with Crippen molar-refractivity contribution in [2.45, 2.75) is 6.61 Å². The molecule has 0 aliphatic carbocycles. The van der Waals surface area contributed by atoms with E-state index in [-0.39, 0.29) is 5.91 Å². The molecule has 0 aromatic heterocycles. The van der Waals surface area contributed by atoms with Gasteiger partial charge in [0.05, 0.1) is 11.8 Å². The first-order valence-corrected chi connectivity index (χ1v) is 9.63. The van der Waals surface area contributed by atoms with Gasteiger partial charge in [0.25, 0.3) is 5.91 Å². The van der Waals surface area contributed by atoms with Gasteiger partial charge < -0.3 is 4.74 Å². The standard InChI is InChI=1S/C21H16ClIN2O2/c22-17-9-5-16(6-10-17)14-27-18-11-7-15(8-12-18)13-24-25-21(26)19-3-1-2-4-20(19)23/h1-13H,14H2,(H,25,26)/b24-13-. The molecular weight excluding hydrogens is 475 g/mol. The van der Waals surface area contributed by atoms with Gasteiger partial charge in [-0.15, -0.1) is 0 Å². The van der Waals surface area contributed by atoms with Crippen LogP contribution in [0.2, 0.25) is 5.02 Å². The van der Waals surface area contributed by atoms with Crippen LogP contribution in [0.3, 0.4) is 0 Å². The third-order valence-electron chi connectivity index (χ3n) is 3.70. The van der Waals surface area contributed by atoms with Crippen LogP contribution in [0.5, 0.6) is 5.75 Å². The zero-order valence-corrected chi connectivity index (χ0v) is 17.1. The molecule has 0 bridgehead atoms. The summed E-state index contributed by atoms with van der Waals surface area (Å²) < 4.78 is 6.62. The second-order valence-electron chi connectivity index (χ2n) is 5.66. The van der Waals surface area contributed by atoms with Crippen LogP contribution in [0.4, 0.5) is 0 Å². The van der Waals surface area contributed by atoms with Crippen LogP contribution >= 0.6 is 34.2 Å². The van der Waals surface area contributed by atoms with E-state index >= 15 is 0 Å². The molecule has 1 N–H and O–H groups in total.